The zero-order chi connectivity index (χ0) is 30.8. The van der Waals surface area contributed by atoms with E-state index >= 15 is 0 Å². The van der Waals surface area contributed by atoms with E-state index in [2.05, 4.69) is 31.7 Å². The third-order valence-electron chi connectivity index (χ3n) is 8.74. The van der Waals surface area contributed by atoms with Crippen LogP contribution in [0.4, 0.5) is 0 Å². The smallest absolute Gasteiger partial charge is 0.309 e. The number of aliphatic hydroxyl groups is 1. The number of ether oxygens (including phenoxy) is 1. The van der Waals surface area contributed by atoms with E-state index in [1.807, 2.05) is 6.08 Å². The second-order valence-corrected chi connectivity index (χ2v) is 12.8. The van der Waals surface area contributed by atoms with Gasteiger partial charge in [-0.2, -0.15) is 0 Å². The molecule has 1 unspecified atom stereocenters. The van der Waals surface area contributed by atoms with Crippen molar-refractivity contribution in [3.05, 3.63) is 12.2 Å². The Morgan fingerprint density at radius 3 is 1.67 bits per heavy atom. The summed E-state index contributed by atoms with van der Waals surface area (Å²) in [5, 5.41) is 9.50. The van der Waals surface area contributed by atoms with Gasteiger partial charge in [0.05, 0.1) is 19.6 Å². The number of hydrogen-bond donors (Lipinski definition) is 1. The summed E-state index contributed by atoms with van der Waals surface area (Å²) in [6.45, 7) is 10.7. The van der Waals surface area contributed by atoms with Crippen LogP contribution < -0.4 is 0 Å². The van der Waals surface area contributed by atoms with Gasteiger partial charge in [0, 0.05) is 6.54 Å². The van der Waals surface area contributed by atoms with E-state index in [0.717, 1.165) is 44.8 Å². The molecule has 4 heteroatoms. The normalized spacial score (nSPS) is 12.5. The summed E-state index contributed by atoms with van der Waals surface area (Å²) in [7, 11) is 0. The Hall–Kier alpha value is -0.870. The lowest BCUT2D eigenvalue weighted by atomic mass is 9.90. The van der Waals surface area contributed by atoms with Gasteiger partial charge in [-0.05, 0) is 51.1 Å². The Balaban J connectivity index is 3.77. The molecule has 0 spiro atoms. The molecule has 0 amide bonds. The number of carbonyl (C=O) groups excluding carboxylic acids is 1. The van der Waals surface area contributed by atoms with Gasteiger partial charge in [-0.3, -0.25) is 4.79 Å². The van der Waals surface area contributed by atoms with Crippen LogP contribution in [-0.4, -0.2) is 48.8 Å². The molecule has 1 N–H and O–H groups in total. The molecule has 0 saturated heterocycles. The Morgan fingerprint density at radius 1 is 0.595 bits per heavy atom. The Labute approximate surface area is 263 Å². The van der Waals surface area contributed by atoms with Crippen LogP contribution in [0.3, 0.4) is 0 Å². The van der Waals surface area contributed by atoms with E-state index in [0.29, 0.717) is 13.0 Å². The number of unbranched alkanes of at least 4 members (excludes halogenated alkanes) is 17. The van der Waals surface area contributed by atoms with Gasteiger partial charge in [0.1, 0.15) is 0 Å². The Kier molecular flexibility index (Phi) is 33.9. The van der Waals surface area contributed by atoms with E-state index in [4.69, 9.17) is 4.74 Å². The minimum Gasteiger partial charge on any atom is -0.465 e. The van der Waals surface area contributed by atoms with E-state index < -0.39 is 0 Å². The maximum atomic E-state index is 11.8. The second kappa shape index (κ2) is 34.6. The molecular formula is C38H75NO3. The summed E-state index contributed by atoms with van der Waals surface area (Å²) < 4.78 is 5.37. The fourth-order valence-electron chi connectivity index (χ4n) is 5.95. The molecule has 0 aromatic carbocycles. The van der Waals surface area contributed by atoms with Gasteiger partial charge >= 0.3 is 5.97 Å². The number of rotatable bonds is 34. The van der Waals surface area contributed by atoms with Gasteiger partial charge in [-0.15, -0.1) is 0 Å². The highest BCUT2D eigenvalue weighted by molar-refractivity contribution is 5.71. The van der Waals surface area contributed by atoms with Crippen molar-refractivity contribution < 1.29 is 14.6 Å². The molecule has 0 fully saturated rings. The molecule has 0 aromatic rings. The van der Waals surface area contributed by atoms with Crippen molar-refractivity contribution in [3.8, 4) is 0 Å². The molecule has 0 heterocycles. The lowest BCUT2D eigenvalue weighted by molar-refractivity contribution is -0.142. The third kappa shape index (κ3) is 30.6. The molecule has 250 valence electrons. The molecule has 1 atom stereocenters. The van der Waals surface area contributed by atoms with E-state index in [1.165, 1.54) is 141 Å². The first kappa shape index (κ1) is 41.1. The third-order valence-corrected chi connectivity index (χ3v) is 8.74. The summed E-state index contributed by atoms with van der Waals surface area (Å²) in [4.78, 5) is 14.3. The predicted molar refractivity (Wildman–Crippen MR) is 184 cm³/mol. The van der Waals surface area contributed by atoms with E-state index in [9.17, 15) is 9.90 Å². The second-order valence-electron chi connectivity index (χ2n) is 12.8. The van der Waals surface area contributed by atoms with Crippen LogP contribution in [0.1, 0.15) is 188 Å². The number of allylic oxidation sites excluding steroid dienone is 1. The molecule has 0 radical (unpaired) electrons. The van der Waals surface area contributed by atoms with Gasteiger partial charge in [0.25, 0.3) is 0 Å². The minimum absolute atomic E-state index is 0.0936. The quantitative estimate of drug-likeness (QED) is 0.0458. The maximum Gasteiger partial charge on any atom is 0.309 e. The average Bonchev–Trinajstić information content (AvgIpc) is 2.99. The zero-order valence-corrected chi connectivity index (χ0v) is 28.9. The number of aliphatic hydroxyl groups excluding tert-OH is 1. The molecule has 0 aliphatic rings. The number of carbonyl (C=O) groups is 1. The van der Waals surface area contributed by atoms with Crippen molar-refractivity contribution in [2.24, 2.45) is 5.92 Å². The summed E-state index contributed by atoms with van der Waals surface area (Å²) >= 11 is 0. The lowest BCUT2D eigenvalue weighted by Gasteiger charge is -2.21. The summed E-state index contributed by atoms with van der Waals surface area (Å²) in [5.41, 5.74) is 0. The van der Waals surface area contributed by atoms with Crippen LogP contribution in [0, 0.1) is 5.92 Å². The largest absolute Gasteiger partial charge is 0.465 e. The molecule has 0 rings (SSSR count). The number of nitrogens with zero attached hydrogens (tertiary/aromatic N) is 1. The summed E-state index contributed by atoms with van der Waals surface area (Å²) in [5.74, 6) is 0.879. The first-order valence-electron chi connectivity index (χ1n) is 18.8. The van der Waals surface area contributed by atoms with Crippen molar-refractivity contribution in [1.29, 1.82) is 0 Å². The van der Waals surface area contributed by atoms with Gasteiger partial charge in [-0.25, -0.2) is 0 Å². The standard InChI is InChI=1S/C38H75NO3/c1-4-7-10-12-13-17-24-31-38(41)42-36-27-20-15-19-26-33-39(34-35-40)32-25-18-14-16-23-30-37(28-21-9-6-3)29-22-11-8-5-2/h17,24,37,40H,4-16,18-23,25-36H2,1-3H3/b24-17-. The highest BCUT2D eigenvalue weighted by Crippen LogP contribution is 2.24. The highest BCUT2D eigenvalue weighted by atomic mass is 16.5. The molecule has 0 aromatic heterocycles. The Bertz CT molecular complexity index is 565. The predicted octanol–water partition coefficient (Wildman–Crippen LogP) is 11.2. The fraction of sp³-hybridized carbons (Fsp3) is 0.921. The van der Waals surface area contributed by atoms with E-state index in [1.54, 1.807) is 0 Å². The molecule has 42 heavy (non-hydrogen) atoms. The van der Waals surface area contributed by atoms with Crippen molar-refractivity contribution in [2.45, 2.75) is 188 Å². The monoisotopic (exact) mass is 594 g/mol. The maximum absolute atomic E-state index is 11.8. The van der Waals surface area contributed by atoms with Crippen molar-refractivity contribution >= 4 is 5.97 Å². The Morgan fingerprint density at radius 2 is 1.07 bits per heavy atom. The average molecular weight is 594 g/mol. The van der Waals surface area contributed by atoms with Gasteiger partial charge in [0.2, 0.25) is 0 Å². The highest BCUT2D eigenvalue weighted by Gasteiger charge is 2.09. The van der Waals surface area contributed by atoms with E-state index in [-0.39, 0.29) is 12.6 Å². The molecule has 0 aliphatic carbocycles. The molecular weight excluding hydrogens is 518 g/mol. The molecule has 0 saturated carbocycles. The van der Waals surface area contributed by atoms with Gasteiger partial charge in [0.15, 0.2) is 0 Å². The van der Waals surface area contributed by atoms with Crippen LogP contribution in [0.5, 0.6) is 0 Å². The van der Waals surface area contributed by atoms with Crippen LogP contribution in [-0.2, 0) is 9.53 Å². The van der Waals surface area contributed by atoms with Gasteiger partial charge < -0.3 is 14.7 Å². The molecule has 0 aliphatic heterocycles. The minimum atomic E-state index is -0.0936. The van der Waals surface area contributed by atoms with Crippen molar-refractivity contribution in [3.63, 3.8) is 0 Å². The van der Waals surface area contributed by atoms with Crippen LogP contribution in [0.2, 0.25) is 0 Å². The topological polar surface area (TPSA) is 49.8 Å². The first-order valence-corrected chi connectivity index (χ1v) is 18.8. The van der Waals surface area contributed by atoms with Gasteiger partial charge in [-0.1, -0.05) is 161 Å². The SMILES string of the molecule is CCCCCC/C=C\CC(=O)OCCCCCCCN(CCO)CCCCCCCC(CCCCC)CCCCCC. The van der Waals surface area contributed by atoms with Crippen molar-refractivity contribution in [2.75, 3.05) is 32.8 Å². The fourth-order valence-corrected chi connectivity index (χ4v) is 5.95. The van der Waals surface area contributed by atoms with Crippen LogP contribution >= 0.6 is 0 Å². The lowest BCUT2D eigenvalue weighted by Crippen LogP contribution is -2.29. The van der Waals surface area contributed by atoms with Crippen molar-refractivity contribution in [1.82, 2.24) is 4.90 Å². The number of esters is 1. The number of hydrogen-bond acceptors (Lipinski definition) is 4. The summed E-state index contributed by atoms with van der Waals surface area (Å²) in [6.07, 6.45) is 37.3. The summed E-state index contributed by atoms with van der Waals surface area (Å²) in [6, 6.07) is 0. The zero-order valence-electron chi connectivity index (χ0n) is 28.9. The molecule has 0 bridgehead atoms. The van der Waals surface area contributed by atoms with Crippen LogP contribution in [0.15, 0.2) is 12.2 Å². The first-order chi connectivity index (χ1) is 20.7. The van der Waals surface area contributed by atoms with Crippen LogP contribution in [0.25, 0.3) is 0 Å². The molecule has 4 nitrogen and oxygen atoms in total.